The summed E-state index contributed by atoms with van der Waals surface area (Å²) < 4.78 is 22.0. The Balaban J connectivity index is 1.77. The number of anilines is 1. The second-order valence-corrected chi connectivity index (χ2v) is 5.80. The SMILES string of the molecule is COc1cc2ncnc(N3CC(CCNSN)C3)c2cc1F. The predicted octanol–water partition coefficient (Wildman–Crippen LogP) is 1.72. The maximum atomic E-state index is 13.9. The minimum atomic E-state index is -0.396. The number of nitrogens with one attached hydrogen (secondary N) is 1. The highest BCUT2D eigenvalue weighted by Crippen LogP contribution is 2.32. The fourth-order valence-electron chi connectivity index (χ4n) is 2.70. The predicted molar refractivity (Wildman–Crippen MR) is 86.1 cm³/mol. The third-order valence-corrected chi connectivity index (χ3v) is 4.25. The molecule has 0 radical (unpaired) electrons. The molecule has 0 amide bonds. The third kappa shape index (κ3) is 2.94. The molecule has 0 atom stereocenters. The fraction of sp³-hybridized carbons (Fsp3) is 0.429. The van der Waals surface area contributed by atoms with Crippen LogP contribution in [0.1, 0.15) is 6.42 Å². The first-order valence-corrected chi connectivity index (χ1v) is 7.92. The van der Waals surface area contributed by atoms with Gasteiger partial charge in [0.25, 0.3) is 0 Å². The molecule has 1 saturated heterocycles. The van der Waals surface area contributed by atoms with Crippen LogP contribution in [0.2, 0.25) is 0 Å². The molecule has 0 unspecified atom stereocenters. The Labute approximate surface area is 132 Å². The van der Waals surface area contributed by atoms with Gasteiger partial charge < -0.3 is 9.64 Å². The summed E-state index contributed by atoms with van der Waals surface area (Å²) in [5.74, 6) is 1.19. The maximum Gasteiger partial charge on any atom is 0.165 e. The topological polar surface area (TPSA) is 76.3 Å². The van der Waals surface area contributed by atoms with Gasteiger partial charge in [-0.3, -0.25) is 9.86 Å². The van der Waals surface area contributed by atoms with E-state index in [0.29, 0.717) is 11.4 Å². The molecule has 2 aromatic rings. The van der Waals surface area contributed by atoms with Crippen LogP contribution in [0.5, 0.6) is 5.75 Å². The van der Waals surface area contributed by atoms with E-state index in [1.807, 2.05) is 0 Å². The van der Waals surface area contributed by atoms with Crippen molar-refractivity contribution in [3.05, 3.63) is 24.3 Å². The second-order valence-electron chi connectivity index (χ2n) is 5.27. The number of hydrogen-bond acceptors (Lipinski definition) is 7. The van der Waals surface area contributed by atoms with E-state index >= 15 is 0 Å². The Hall–Kier alpha value is -1.64. The molecule has 1 fully saturated rings. The number of nitrogens with two attached hydrogens (primary N) is 1. The van der Waals surface area contributed by atoms with Crippen molar-refractivity contribution in [2.75, 3.05) is 31.6 Å². The monoisotopic (exact) mass is 323 g/mol. The van der Waals surface area contributed by atoms with Crippen LogP contribution >= 0.6 is 12.1 Å². The molecule has 0 spiro atoms. The summed E-state index contributed by atoms with van der Waals surface area (Å²) in [6, 6.07) is 3.05. The average molecular weight is 323 g/mol. The number of ether oxygens (including phenoxy) is 1. The van der Waals surface area contributed by atoms with Crippen LogP contribution in [0, 0.1) is 11.7 Å². The van der Waals surface area contributed by atoms with Crippen molar-refractivity contribution >= 4 is 28.9 Å². The summed E-state index contributed by atoms with van der Waals surface area (Å²) in [5.41, 5.74) is 0.688. The zero-order valence-corrected chi connectivity index (χ0v) is 13.1. The lowest BCUT2D eigenvalue weighted by atomic mass is 9.96. The highest BCUT2D eigenvalue weighted by atomic mass is 32.2. The molecule has 1 aliphatic rings. The Morgan fingerprint density at radius 1 is 1.45 bits per heavy atom. The lowest BCUT2D eigenvalue weighted by molar-refractivity contribution is 0.383. The van der Waals surface area contributed by atoms with E-state index in [2.05, 4.69) is 19.6 Å². The highest BCUT2D eigenvalue weighted by molar-refractivity contribution is 7.95. The molecule has 6 nitrogen and oxygen atoms in total. The van der Waals surface area contributed by atoms with E-state index in [-0.39, 0.29) is 5.75 Å². The van der Waals surface area contributed by atoms with Gasteiger partial charge in [-0.25, -0.2) is 14.4 Å². The Morgan fingerprint density at radius 2 is 2.27 bits per heavy atom. The summed E-state index contributed by atoms with van der Waals surface area (Å²) in [6.07, 6.45) is 2.57. The van der Waals surface area contributed by atoms with Crippen molar-refractivity contribution in [1.82, 2.24) is 14.7 Å². The van der Waals surface area contributed by atoms with Crippen LogP contribution < -0.4 is 19.5 Å². The quantitative estimate of drug-likeness (QED) is 0.619. The number of methoxy groups -OCH3 is 1. The van der Waals surface area contributed by atoms with Gasteiger partial charge in [0.05, 0.1) is 12.6 Å². The lowest BCUT2D eigenvalue weighted by Crippen LogP contribution is -2.48. The van der Waals surface area contributed by atoms with E-state index in [9.17, 15) is 4.39 Å². The Morgan fingerprint density at radius 3 is 3.00 bits per heavy atom. The molecule has 8 heteroatoms. The van der Waals surface area contributed by atoms with Gasteiger partial charge in [0.1, 0.15) is 12.1 Å². The van der Waals surface area contributed by atoms with Gasteiger partial charge in [-0.2, -0.15) is 0 Å². The van der Waals surface area contributed by atoms with E-state index in [1.54, 1.807) is 6.07 Å². The molecule has 22 heavy (non-hydrogen) atoms. The van der Waals surface area contributed by atoms with Crippen molar-refractivity contribution in [1.29, 1.82) is 0 Å². The van der Waals surface area contributed by atoms with Crippen LogP contribution in [0.4, 0.5) is 10.2 Å². The minimum Gasteiger partial charge on any atom is -0.494 e. The normalized spacial score (nSPS) is 15.1. The maximum absolute atomic E-state index is 13.9. The molecule has 0 saturated carbocycles. The van der Waals surface area contributed by atoms with Crippen molar-refractivity contribution in [3.63, 3.8) is 0 Å². The van der Waals surface area contributed by atoms with Crippen LogP contribution in [-0.2, 0) is 0 Å². The van der Waals surface area contributed by atoms with E-state index in [1.165, 1.54) is 19.5 Å². The number of aromatic nitrogens is 2. The Kier molecular flexibility index (Phi) is 4.60. The van der Waals surface area contributed by atoms with Crippen LogP contribution in [-0.4, -0.2) is 36.7 Å². The van der Waals surface area contributed by atoms with Gasteiger partial charge in [-0.1, -0.05) is 0 Å². The first-order chi connectivity index (χ1) is 10.7. The summed E-state index contributed by atoms with van der Waals surface area (Å²) in [4.78, 5) is 10.7. The van der Waals surface area contributed by atoms with E-state index in [4.69, 9.17) is 9.88 Å². The molecular weight excluding hydrogens is 305 g/mol. The summed E-state index contributed by atoms with van der Waals surface area (Å²) >= 11 is 1.14. The molecule has 0 aliphatic carbocycles. The van der Waals surface area contributed by atoms with Gasteiger partial charge in [0.2, 0.25) is 0 Å². The molecule has 0 bridgehead atoms. The number of halogens is 1. The number of nitrogens with zero attached hydrogens (tertiary/aromatic N) is 3. The van der Waals surface area contributed by atoms with Gasteiger partial charge in [-0.15, -0.1) is 0 Å². The molecule has 3 rings (SSSR count). The smallest absolute Gasteiger partial charge is 0.165 e. The van der Waals surface area contributed by atoms with Crippen molar-refractivity contribution in [3.8, 4) is 5.75 Å². The van der Waals surface area contributed by atoms with Crippen molar-refractivity contribution < 1.29 is 9.13 Å². The standard InChI is InChI=1S/C14H18FN5OS/c1-21-13-5-12-10(4-11(13)15)14(18-8-17-12)20-6-9(7-20)2-3-19-22-16/h4-5,8-9,19H,2-3,6-7,16H2,1H3. The van der Waals surface area contributed by atoms with E-state index in [0.717, 1.165) is 49.4 Å². The van der Waals surface area contributed by atoms with Crippen LogP contribution in [0.15, 0.2) is 18.5 Å². The summed E-state index contributed by atoms with van der Waals surface area (Å²) in [5, 5.41) is 6.04. The number of hydrogen-bond donors (Lipinski definition) is 2. The van der Waals surface area contributed by atoms with Gasteiger partial charge in [-0.05, 0) is 18.4 Å². The molecule has 1 aromatic carbocycles. The zero-order chi connectivity index (χ0) is 15.5. The molecule has 1 aromatic heterocycles. The number of benzene rings is 1. The lowest BCUT2D eigenvalue weighted by Gasteiger charge is -2.40. The van der Waals surface area contributed by atoms with Crippen LogP contribution in [0.3, 0.4) is 0 Å². The fourth-order valence-corrected chi connectivity index (χ4v) is 2.94. The summed E-state index contributed by atoms with van der Waals surface area (Å²) in [7, 11) is 1.44. The van der Waals surface area contributed by atoms with Gasteiger partial charge in [0, 0.05) is 43.2 Å². The second kappa shape index (κ2) is 6.64. The minimum absolute atomic E-state index is 0.198. The van der Waals surface area contributed by atoms with Crippen molar-refractivity contribution in [2.45, 2.75) is 6.42 Å². The zero-order valence-electron chi connectivity index (χ0n) is 12.3. The van der Waals surface area contributed by atoms with Crippen molar-refractivity contribution in [2.24, 2.45) is 11.1 Å². The third-order valence-electron chi connectivity index (χ3n) is 3.88. The van der Waals surface area contributed by atoms with Gasteiger partial charge in [0.15, 0.2) is 11.6 Å². The highest BCUT2D eigenvalue weighted by Gasteiger charge is 2.28. The number of fused-ring (bicyclic) bond motifs is 1. The first kappa shape index (κ1) is 15.3. The molecule has 3 N–H and O–H groups in total. The van der Waals surface area contributed by atoms with E-state index < -0.39 is 5.82 Å². The molecular formula is C14H18FN5OS. The molecule has 2 heterocycles. The number of rotatable bonds is 6. The summed E-state index contributed by atoms with van der Waals surface area (Å²) in [6.45, 7) is 2.71. The first-order valence-electron chi connectivity index (χ1n) is 7.04. The largest absolute Gasteiger partial charge is 0.494 e. The average Bonchev–Trinajstić information content (AvgIpc) is 2.49. The molecule has 1 aliphatic heterocycles. The Bertz CT molecular complexity index is 665. The van der Waals surface area contributed by atoms with Crippen LogP contribution in [0.25, 0.3) is 10.9 Å². The molecule has 118 valence electrons. The van der Waals surface area contributed by atoms with Gasteiger partial charge >= 0.3 is 0 Å².